The molecule has 1 heterocycles. The van der Waals surface area contributed by atoms with Gasteiger partial charge >= 0.3 is 0 Å². The molecule has 2 heteroatoms. The van der Waals surface area contributed by atoms with Crippen molar-refractivity contribution in [2.45, 2.75) is 0 Å². The predicted molar refractivity (Wildman–Crippen MR) is 169 cm³/mol. The fourth-order valence-electron chi connectivity index (χ4n) is 6.10. The largest absolute Gasteiger partial charge is 0.456 e. The minimum Gasteiger partial charge on any atom is -0.456 e. The Morgan fingerprint density at radius 2 is 0.900 bits per heavy atom. The van der Waals surface area contributed by atoms with Gasteiger partial charge in [0.05, 0.1) is 5.69 Å². The van der Waals surface area contributed by atoms with Gasteiger partial charge in [-0.2, -0.15) is 0 Å². The molecule has 0 aliphatic rings. The Hall–Kier alpha value is -5.34. The van der Waals surface area contributed by atoms with E-state index < -0.39 is 0 Å². The number of fused-ring (bicyclic) bond motifs is 5. The Labute approximate surface area is 232 Å². The second-order valence-electron chi connectivity index (χ2n) is 10.1. The van der Waals surface area contributed by atoms with Crippen LogP contribution in [-0.2, 0) is 0 Å². The van der Waals surface area contributed by atoms with Crippen LogP contribution >= 0.6 is 0 Å². The minimum atomic E-state index is 0.895. The summed E-state index contributed by atoms with van der Waals surface area (Å²) >= 11 is 0. The zero-order chi connectivity index (χ0) is 26.5. The molecule has 0 radical (unpaired) electrons. The number of anilines is 3. The highest BCUT2D eigenvalue weighted by molar-refractivity contribution is 6.22. The lowest BCUT2D eigenvalue weighted by atomic mass is 9.90. The van der Waals surface area contributed by atoms with Crippen molar-refractivity contribution in [1.82, 2.24) is 0 Å². The third-order valence-corrected chi connectivity index (χ3v) is 7.82. The summed E-state index contributed by atoms with van der Waals surface area (Å²) in [6, 6.07) is 53.8. The molecule has 0 bridgehead atoms. The quantitative estimate of drug-likeness (QED) is 0.218. The van der Waals surface area contributed by atoms with Crippen LogP contribution in [0.1, 0.15) is 0 Å². The van der Waals surface area contributed by atoms with Crippen LogP contribution in [0.5, 0.6) is 0 Å². The van der Waals surface area contributed by atoms with Crippen molar-refractivity contribution in [1.29, 1.82) is 0 Å². The average molecular weight is 512 g/mol. The Morgan fingerprint density at radius 1 is 0.375 bits per heavy atom. The van der Waals surface area contributed by atoms with E-state index in [0.29, 0.717) is 0 Å². The highest BCUT2D eigenvalue weighted by Crippen LogP contribution is 2.48. The van der Waals surface area contributed by atoms with Crippen molar-refractivity contribution < 1.29 is 4.42 Å². The van der Waals surface area contributed by atoms with E-state index in [2.05, 4.69) is 144 Å². The Bertz CT molecular complexity index is 2100. The molecular weight excluding hydrogens is 486 g/mol. The Balaban J connectivity index is 1.50. The molecule has 40 heavy (non-hydrogen) atoms. The molecule has 0 atom stereocenters. The highest BCUT2D eigenvalue weighted by Gasteiger charge is 2.22. The van der Waals surface area contributed by atoms with Gasteiger partial charge < -0.3 is 9.32 Å². The van der Waals surface area contributed by atoms with E-state index in [4.69, 9.17) is 4.42 Å². The smallest absolute Gasteiger partial charge is 0.135 e. The third kappa shape index (κ3) is 3.50. The number of furan rings is 1. The summed E-state index contributed by atoms with van der Waals surface area (Å²) in [6.45, 7) is 0. The predicted octanol–water partition coefficient (Wildman–Crippen LogP) is 11.0. The van der Waals surface area contributed by atoms with Crippen molar-refractivity contribution in [3.05, 3.63) is 152 Å². The lowest BCUT2D eigenvalue weighted by Gasteiger charge is -2.29. The average Bonchev–Trinajstić information content (AvgIpc) is 3.40. The van der Waals surface area contributed by atoms with E-state index in [-0.39, 0.29) is 0 Å². The summed E-state index contributed by atoms with van der Waals surface area (Å²) in [5, 5.41) is 7.13. The molecule has 0 spiro atoms. The van der Waals surface area contributed by atoms with Gasteiger partial charge in [-0.15, -0.1) is 0 Å². The van der Waals surface area contributed by atoms with Crippen molar-refractivity contribution in [2.24, 2.45) is 0 Å². The van der Waals surface area contributed by atoms with E-state index in [9.17, 15) is 0 Å². The fourth-order valence-corrected chi connectivity index (χ4v) is 6.10. The van der Waals surface area contributed by atoms with Gasteiger partial charge in [0, 0.05) is 32.9 Å². The van der Waals surface area contributed by atoms with Crippen molar-refractivity contribution in [3.8, 4) is 11.1 Å². The van der Waals surface area contributed by atoms with Gasteiger partial charge in [-0.3, -0.25) is 0 Å². The van der Waals surface area contributed by atoms with Crippen LogP contribution in [0.2, 0.25) is 0 Å². The van der Waals surface area contributed by atoms with Gasteiger partial charge in [-0.1, -0.05) is 115 Å². The van der Waals surface area contributed by atoms with Gasteiger partial charge in [0.2, 0.25) is 0 Å². The highest BCUT2D eigenvalue weighted by atomic mass is 16.3. The van der Waals surface area contributed by atoms with Gasteiger partial charge in [0.25, 0.3) is 0 Å². The standard InChI is InChI=1S/C38H25NO/c1-3-13-26(14-4-1)37-30-18-7-9-20-32(30)38(33-21-10-8-19-31(33)37)39(27-15-5-2-6-16-27)28-23-24-36-34(25-28)29-17-11-12-22-35(29)40-36/h1-25H. The lowest BCUT2D eigenvalue weighted by molar-refractivity contribution is 0.669. The van der Waals surface area contributed by atoms with Gasteiger partial charge in [-0.05, 0) is 58.3 Å². The molecule has 0 amide bonds. The number of para-hydroxylation sites is 2. The molecule has 0 aliphatic carbocycles. The Kier molecular flexibility index (Phi) is 5.17. The summed E-state index contributed by atoms with van der Waals surface area (Å²) in [4.78, 5) is 2.40. The maximum absolute atomic E-state index is 6.19. The van der Waals surface area contributed by atoms with E-state index in [1.54, 1.807) is 0 Å². The molecule has 8 rings (SSSR count). The van der Waals surface area contributed by atoms with Crippen molar-refractivity contribution in [3.63, 3.8) is 0 Å². The maximum Gasteiger partial charge on any atom is 0.135 e. The Morgan fingerprint density at radius 3 is 1.57 bits per heavy atom. The molecule has 0 unspecified atom stereocenters. The van der Waals surface area contributed by atoms with Crippen LogP contribution in [0, 0.1) is 0 Å². The molecule has 0 fully saturated rings. The van der Waals surface area contributed by atoms with Crippen LogP contribution in [0.4, 0.5) is 17.1 Å². The summed E-state index contributed by atoms with van der Waals surface area (Å²) in [7, 11) is 0. The molecule has 188 valence electrons. The van der Waals surface area contributed by atoms with Gasteiger partial charge in [0.1, 0.15) is 11.2 Å². The second kappa shape index (κ2) is 9.14. The first-order chi connectivity index (χ1) is 19.9. The van der Waals surface area contributed by atoms with E-state index in [1.807, 2.05) is 12.1 Å². The first-order valence-electron chi connectivity index (χ1n) is 13.6. The summed E-state index contributed by atoms with van der Waals surface area (Å²) < 4.78 is 6.19. The molecule has 8 aromatic rings. The zero-order valence-electron chi connectivity index (χ0n) is 21.8. The first-order valence-corrected chi connectivity index (χ1v) is 13.6. The minimum absolute atomic E-state index is 0.895. The monoisotopic (exact) mass is 511 g/mol. The van der Waals surface area contributed by atoms with Gasteiger partial charge in [0.15, 0.2) is 0 Å². The summed E-state index contributed by atoms with van der Waals surface area (Å²) in [6.07, 6.45) is 0. The lowest BCUT2D eigenvalue weighted by Crippen LogP contribution is -2.11. The van der Waals surface area contributed by atoms with Crippen LogP contribution in [0.25, 0.3) is 54.6 Å². The van der Waals surface area contributed by atoms with E-state index >= 15 is 0 Å². The van der Waals surface area contributed by atoms with Crippen LogP contribution in [0.15, 0.2) is 156 Å². The summed E-state index contributed by atoms with van der Waals surface area (Å²) in [5.74, 6) is 0. The van der Waals surface area contributed by atoms with E-state index in [1.165, 1.54) is 38.4 Å². The summed E-state index contributed by atoms with van der Waals surface area (Å²) in [5.41, 5.74) is 7.66. The molecule has 0 saturated heterocycles. The molecule has 0 aliphatic heterocycles. The van der Waals surface area contributed by atoms with Crippen LogP contribution in [-0.4, -0.2) is 0 Å². The first kappa shape index (κ1) is 22.6. The number of nitrogens with zero attached hydrogens (tertiary/aromatic N) is 1. The molecular formula is C38H25NO. The molecule has 0 saturated carbocycles. The van der Waals surface area contributed by atoms with Crippen molar-refractivity contribution >= 4 is 60.5 Å². The number of hydrogen-bond donors (Lipinski definition) is 0. The molecule has 7 aromatic carbocycles. The fraction of sp³-hybridized carbons (Fsp3) is 0. The van der Waals surface area contributed by atoms with Crippen molar-refractivity contribution in [2.75, 3.05) is 4.90 Å². The number of hydrogen-bond acceptors (Lipinski definition) is 2. The number of benzene rings is 7. The van der Waals surface area contributed by atoms with Crippen LogP contribution < -0.4 is 4.90 Å². The van der Waals surface area contributed by atoms with Gasteiger partial charge in [-0.25, -0.2) is 0 Å². The third-order valence-electron chi connectivity index (χ3n) is 7.82. The topological polar surface area (TPSA) is 16.4 Å². The molecule has 2 nitrogen and oxygen atoms in total. The zero-order valence-corrected chi connectivity index (χ0v) is 21.8. The maximum atomic E-state index is 6.19. The van der Waals surface area contributed by atoms with E-state index in [0.717, 1.165) is 33.3 Å². The normalized spacial score (nSPS) is 11.5. The SMILES string of the molecule is c1ccc(-c2c3ccccc3c(N(c3ccccc3)c3ccc4oc5ccccc5c4c3)c3ccccc23)cc1. The molecule has 1 aromatic heterocycles. The number of rotatable bonds is 4. The second-order valence-corrected chi connectivity index (χ2v) is 10.1. The van der Waals surface area contributed by atoms with Crippen LogP contribution in [0.3, 0.4) is 0 Å². The molecule has 0 N–H and O–H groups in total.